The predicted molar refractivity (Wildman–Crippen MR) is 122 cm³/mol. The van der Waals surface area contributed by atoms with Gasteiger partial charge in [-0.05, 0) is 45.0 Å². The summed E-state index contributed by atoms with van der Waals surface area (Å²) < 4.78 is 3.89. The molecule has 0 saturated carbocycles. The van der Waals surface area contributed by atoms with Gasteiger partial charge in [-0.25, -0.2) is 9.97 Å². The van der Waals surface area contributed by atoms with E-state index in [1.807, 2.05) is 47.5 Å². The van der Waals surface area contributed by atoms with Crippen LogP contribution in [0, 0.1) is 6.92 Å². The molecule has 162 valence electrons. The summed E-state index contributed by atoms with van der Waals surface area (Å²) >= 11 is 1.70. The number of aryl methyl sites for hydroxylation is 2. The van der Waals surface area contributed by atoms with E-state index in [9.17, 15) is 4.79 Å². The summed E-state index contributed by atoms with van der Waals surface area (Å²) in [6.07, 6.45) is 6.89. The number of carbonyl (C=O) groups is 1. The van der Waals surface area contributed by atoms with Crippen molar-refractivity contribution in [1.82, 2.24) is 39.7 Å². The molecule has 2 N–H and O–H groups in total. The molecule has 5 aromatic heterocycles. The first-order valence-electron chi connectivity index (χ1n) is 10.3. The fraction of sp³-hybridized carbons (Fsp3) is 0.227. The normalized spacial score (nSPS) is 12.3. The molecule has 0 saturated heterocycles. The number of rotatable bonds is 6. The van der Waals surface area contributed by atoms with E-state index in [1.165, 1.54) is 11.2 Å². The minimum atomic E-state index is -0.312. The Bertz CT molecular complexity index is 1390. The lowest BCUT2D eigenvalue weighted by Crippen LogP contribution is -2.27. The molecule has 1 amide bonds. The van der Waals surface area contributed by atoms with Crippen LogP contribution in [0.5, 0.6) is 0 Å². The van der Waals surface area contributed by atoms with Crippen LogP contribution < -0.4 is 5.32 Å². The van der Waals surface area contributed by atoms with E-state index in [0.29, 0.717) is 17.9 Å². The third-order valence-electron chi connectivity index (χ3n) is 5.34. The Kier molecular flexibility index (Phi) is 5.06. The first-order chi connectivity index (χ1) is 15.5. The second kappa shape index (κ2) is 8.04. The van der Waals surface area contributed by atoms with Gasteiger partial charge in [0.2, 0.25) is 0 Å². The molecular formula is C22H22N8OS. The number of hydrogen-bond donors (Lipinski definition) is 2. The standard InChI is InChI=1S/C22H22N8OS/c1-4-30-17(7-8-26-30)16-9-15(22(31)27-14(3)20-24-12-25-28-20)11-29-18(10-23-21(16)29)19-6-5-13(2)32-19/h5-12,14H,4H2,1-3H3,(H,27,31)(H,24,25,28)/t14-/m0/s1. The number of imidazole rings is 1. The van der Waals surface area contributed by atoms with Crippen LogP contribution in [-0.4, -0.2) is 40.3 Å². The van der Waals surface area contributed by atoms with Gasteiger partial charge in [0.1, 0.15) is 17.8 Å². The molecule has 0 radical (unpaired) electrons. The molecule has 32 heavy (non-hydrogen) atoms. The Morgan fingerprint density at radius 1 is 1.25 bits per heavy atom. The third-order valence-corrected chi connectivity index (χ3v) is 6.37. The average Bonchev–Trinajstić information content (AvgIpc) is 3.59. The highest BCUT2D eigenvalue weighted by atomic mass is 32.1. The quantitative estimate of drug-likeness (QED) is 0.412. The third kappa shape index (κ3) is 3.48. The molecule has 0 aliphatic rings. The van der Waals surface area contributed by atoms with Gasteiger partial charge in [0.25, 0.3) is 5.91 Å². The largest absolute Gasteiger partial charge is 0.342 e. The molecule has 0 fully saturated rings. The molecule has 9 nitrogen and oxygen atoms in total. The number of hydrogen-bond acceptors (Lipinski definition) is 6. The number of aromatic nitrogens is 7. The van der Waals surface area contributed by atoms with E-state index in [2.05, 4.69) is 44.7 Å². The van der Waals surface area contributed by atoms with Crippen molar-refractivity contribution in [2.24, 2.45) is 0 Å². The van der Waals surface area contributed by atoms with Crippen molar-refractivity contribution < 1.29 is 4.79 Å². The van der Waals surface area contributed by atoms with Crippen molar-refractivity contribution in [2.45, 2.75) is 33.4 Å². The summed E-state index contributed by atoms with van der Waals surface area (Å²) in [6.45, 7) is 6.69. The van der Waals surface area contributed by atoms with Gasteiger partial charge in [-0.2, -0.15) is 10.2 Å². The maximum absolute atomic E-state index is 13.2. The first-order valence-corrected chi connectivity index (χ1v) is 11.1. The number of thiophene rings is 1. The Morgan fingerprint density at radius 3 is 2.84 bits per heavy atom. The lowest BCUT2D eigenvalue weighted by atomic mass is 10.1. The van der Waals surface area contributed by atoms with Crippen LogP contribution in [0.4, 0.5) is 0 Å². The van der Waals surface area contributed by atoms with E-state index in [4.69, 9.17) is 4.98 Å². The molecule has 0 bridgehead atoms. The summed E-state index contributed by atoms with van der Waals surface area (Å²) in [5, 5.41) is 14.1. The summed E-state index contributed by atoms with van der Waals surface area (Å²) in [6, 6.07) is 7.67. The molecule has 0 unspecified atom stereocenters. The number of aromatic amines is 1. The second-order valence-corrected chi connectivity index (χ2v) is 8.78. The van der Waals surface area contributed by atoms with Crippen molar-refractivity contribution in [3.8, 4) is 21.8 Å². The van der Waals surface area contributed by atoms with Gasteiger partial charge in [-0.15, -0.1) is 11.3 Å². The van der Waals surface area contributed by atoms with Crippen molar-refractivity contribution in [3.63, 3.8) is 0 Å². The molecule has 5 rings (SSSR count). The summed E-state index contributed by atoms with van der Waals surface area (Å²) in [5.41, 5.74) is 4.01. The molecule has 10 heteroatoms. The minimum absolute atomic E-state index is 0.207. The summed E-state index contributed by atoms with van der Waals surface area (Å²) in [5.74, 6) is 0.391. The van der Waals surface area contributed by atoms with Gasteiger partial charge in [-0.3, -0.25) is 19.0 Å². The zero-order valence-electron chi connectivity index (χ0n) is 17.9. The molecule has 0 spiro atoms. The van der Waals surface area contributed by atoms with Gasteiger partial charge >= 0.3 is 0 Å². The number of H-pyrrole nitrogens is 1. The van der Waals surface area contributed by atoms with Gasteiger partial charge < -0.3 is 5.32 Å². The fourth-order valence-corrected chi connectivity index (χ4v) is 4.61. The molecular weight excluding hydrogens is 424 g/mol. The van der Waals surface area contributed by atoms with Crippen LogP contribution in [0.2, 0.25) is 0 Å². The van der Waals surface area contributed by atoms with Crippen LogP contribution >= 0.6 is 11.3 Å². The second-order valence-electron chi connectivity index (χ2n) is 7.49. The number of nitrogens with zero attached hydrogens (tertiary/aromatic N) is 6. The average molecular weight is 447 g/mol. The Labute approximate surface area is 188 Å². The van der Waals surface area contributed by atoms with Crippen LogP contribution in [-0.2, 0) is 6.54 Å². The highest BCUT2D eigenvalue weighted by molar-refractivity contribution is 7.15. The number of nitrogens with one attached hydrogen (secondary N) is 2. The molecule has 1 atom stereocenters. The van der Waals surface area contributed by atoms with Gasteiger partial charge in [0, 0.05) is 29.4 Å². The van der Waals surface area contributed by atoms with E-state index in [0.717, 1.165) is 27.5 Å². The van der Waals surface area contributed by atoms with E-state index in [1.54, 1.807) is 17.5 Å². The van der Waals surface area contributed by atoms with Crippen molar-refractivity contribution in [1.29, 1.82) is 0 Å². The topological polar surface area (TPSA) is 106 Å². The number of pyridine rings is 1. The highest BCUT2D eigenvalue weighted by Crippen LogP contribution is 2.32. The first kappa shape index (κ1) is 20.1. The Balaban J connectivity index is 1.65. The van der Waals surface area contributed by atoms with E-state index < -0.39 is 0 Å². The van der Waals surface area contributed by atoms with Crippen LogP contribution in [0.3, 0.4) is 0 Å². The van der Waals surface area contributed by atoms with Gasteiger partial charge in [0.15, 0.2) is 0 Å². The maximum Gasteiger partial charge on any atom is 0.253 e. The lowest BCUT2D eigenvalue weighted by Gasteiger charge is -2.14. The highest BCUT2D eigenvalue weighted by Gasteiger charge is 2.20. The number of fused-ring (bicyclic) bond motifs is 1. The van der Waals surface area contributed by atoms with Crippen molar-refractivity contribution in [2.75, 3.05) is 0 Å². The Morgan fingerprint density at radius 2 is 2.12 bits per heavy atom. The molecule has 0 aliphatic heterocycles. The van der Waals surface area contributed by atoms with Gasteiger partial charge in [0.05, 0.1) is 34.1 Å². The smallest absolute Gasteiger partial charge is 0.253 e. The van der Waals surface area contributed by atoms with E-state index in [-0.39, 0.29) is 11.9 Å². The molecule has 0 aromatic carbocycles. The maximum atomic E-state index is 13.2. The van der Waals surface area contributed by atoms with E-state index >= 15 is 0 Å². The molecule has 0 aliphatic carbocycles. The van der Waals surface area contributed by atoms with Crippen molar-refractivity contribution >= 4 is 22.9 Å². The zero-order chi connectivity index (χ0) is 22.2. The predicted octanol–water partition coefficient (Wildman–Crippen LogP) is 3.86. The SMILES string of the molecule is CCn1nccc1-c1cc(C(=O)N[C@@H](C)c2ncn[nH]2)cn2c(-c3ccc(C)s3)cnc12. The molecule has 5 heterocycles. The Hall–Kier alpha value is -3.79. The lowest BCUT2D eigenvalue weighted by molar-refractivity contribution is 0.0938. The number of carbonyl (C=O) groups excluding carboxylic acids is 1. The minimum Gasteiger partial charge on any atom is -0.342 e. The monoisotopic (exact) mass is 446 g/mol. The zero-order valence-corrected chi connectivity index (χ0v) is 18.7. The number of amides is 1. The van der Waals surface area contributed by atoms with Crippen LogP contribution in [0.15, 0.2) is 49.2 Å². The summed E-state index contributed by atoms with van der Waals surface area (Å²) in [4.78, 5) is 24.4. The van der Waals surface area contributed by atoms with Gasteiger partial charge in [-0.1, -0.05) is 0 Å². The fourth-order valence-electron chi connectivity index (χ4n) is 3.74. The molecule has 5 aromatic rings. The van der Waals surface area contributed by atoms with Crippen molar-refractivity contribution in [3.05, 3.63) is 65.4 Å². The summed E-state index contributed by atoms with van der Waals surface area (Å²) in [7, 11) is 0. The van der Waals surface area contributed by atoms with Crippen LogP contribution in [0.25, 0.3) is 27.5 Å². The van der Waals surface area contributed by atoms with Crippen LogP contribution in [0.1, 0.15) is 40.9 Å².